The summed E-state index contributed by atoms with van der Waals surface area (Å²) in [6, 6.07) is 14.4. The molecule has 0 saturated carbocycles. The van der Waals surface area contributed by atoms with E-state index in [2.05, 4.69) is 66.0 Å². The molecule has 0 aliphatic rings. The van der Waals surface area contributed by atoms with Crippen LogP contribution in [0.2, 0.25) is 0 Å². The quantitative estimate of drug-likeness (QED) is 0.122. The van der Waals surface area contributed by atoms with E-state index in [1.165, 1.54) is 12.7 Å². The van der Waals surface area contributed by atoms with Gasteiger partial charge >= 0.3 is 0 Å². The highest BCUT2D eigenvalue weighted by atomic mass is 79.9. The Morgan fingerprint density at radius 1 is 0.674 bits per heavy atom. The molecule has 2 heterocycles. The van der Waals surface area contributed by atoms with Gasteiger partial charge in [-0.2, -0.15) is 13.1 Å². The second kappa shape index (κ2) is 16.6. The second-order valence-corrected chi connectivity index (χ2v) is 14.9. The monoisotopic (exact) mass is 797 g/mol. The lowest BCUT2D eigenvalue weighted by Crippen LogP contribution is -2.31. The highest BCUT2D eigenvalue weighted by Gasteiger charge is 2.22. The van der Waals surface area contributed by atoms with Gasteiger partial charge in [-0.3, -0.25) is 4.72 Å². The normalized spacial score (nSPS) is 11.7. The highest BCUT2D eigenvalue weighted by molar-refractivity contribution is 9.10. The van der Waals surface area contributed by atoms with Crippen LogP contribution in [0.15, 0.2) is 70.1 Å². The average molecular weight is 800 g/mol. The van der Waals surface area contributed by atoms with E-state index in [1.807, 2.05) is 38.1 Å². The highest BCUT2D eigenvalue weighted by Crippen LogP contribution is 2.35. The van der Waals surface area contributed by atoms with Crippen molar-refractivity contribution < 1.29 is 26.3 Å². The Labute approximate surface area is 285 Å². The van der Waals surface area contributed by atoms with E-state index in [1.54, 1.807) is 24.3 Å². The van der Waals surface area contributed by atoms with Crippen LogP contribution in [0.5, 0.6) is 11.8 Å². The van der Waals surface area contributed by atoms with Gasteiger partial charge in [-0.1, -0.05) is 70.0 Å². The van der Waals surface area contributed by atoms with Crippen molar-refractivity contribution in [3.8, 4) is 34.0 Å². The van der Waals surface area contributed by atoms with Gasteiger partial charge in [0.05, 0.1) is 16.8 Å². The van der Waals surface area contributed by atoms with E-state index >= 15 is 0 Å². The lowest BCUT2D eigenvalue weighted by molar-refractivity contribution is 0.208. The van der Waals surface area contributed by atoms with Gasteiger partial charge in [0.1, 0.15) is 31.6 Å². The number of aromatic nitrogens is 4. The maximum atomic E-state index is 12.8. The Hall–Kier alpha value is -3.22. The van der Waals surface area contributed by atoms with Crippen LogP contribution in [0.1, 0.15) is 32.4 Å². The first-order valence-electron chi connectivity index (χ1n) is 14.2. The third-order valence-corrected chi connectivity index (χ3v) is 9.60. The lowest BCUT2D eigenvalue weighted by Gasteiger charge is -2.17. The first-order chi connectivity index (χ1) is 22.0. The van der Waals surface area contributed by atoms with E-state index in [4.69, 9.17) is 9.47 Å². The maximum absolute atomic E-state index is 12.8. The number of nitrogens with zero attached hydrogens (tertiary/aromatic N) is 4. The number of sulfonamides is 1. The predicted octanol–water partition coefficient (Wildman–Crippen LogP) is 5.07. The summed E-state index contributed by atoms with van der Waals surface area (Å²) in [5, 5.41) is 0. The summed E-state index contributed by atoms with van der Waals surface area (Å²) in [6.07, 6.45) is 3.72. The molecule has 0 amide bonds. The molecular weight excluding hydrogens is 766 g/mol. The van der Waals surface area contributed by atoms with Crippen LogP contribution >= 0.6 is 31.9 Å². The van der Waals surface area contributed by atoms with E-state index < -0.39 is 20.2 Å². The van der Waals surface area contributed by atoms with Crippen LogP contribution in [0.3, 0.4) is 0 Å². The van der Waals surface area contributed by atoms with Crippen molar-refractivity contribution in [2.75, 3.05) is 31.0 Å². The Kier molecular flexibility index (Phi) is 12.8. The van der Waals surface area contributed by atoms with Crippen LogP contribution < -0.4 is 23.6 Å². The van der Waals surface area contributed by atoms with E-state index in [9.17, 15) is 16.8 Å². The molecule has 0 aliphatic heterocycles. The number of anilines is 1. The van der Waals surface area contributed by atoms with Gasteiger partial charge in [-0.05, 0) is 48.2 Å². The summed E-state index contributed by atoms with van der Waals surface area (Å²) in [6.45, 7) is 4.27. The van der Waals surface area contributed by atoms with Crippen LogP contribution in [0.25, 0.3) is 22.3 Å². The first kappa shape index (κ1) is 35.6. The molecule has 0 atom stereocenters. The van der Waals surface area contributed by atoms with Crippen LogP contribution in [-0.2, 0) is 26.0 Å². The van der Waals surface area contributed by atoms with Gasteiger partial charge in [0.2, 0.25) is 21.8 Å². The number of rotatable bonds is 17. The van der Waals surface area contributed by atoms with Gasteiger partial charge in [0.25, 0.3) is 10.2 Å². The van der Waals surface area contributed by atoms with Gasteiger partial charge in [-0.15, -0.1) is 0 Å². The Balaban J connectivity index is 1.59. The fourth-order valence-corrected chi connectivity index (χ4v) is 6.81. The molecule has 17 heteroatoms. The zero-order valence-electron chi connectivity index (χ0n) is 25.0. The number of halogens is 2. The molecule has 4 rings (SSSR count). The predicted molar refractivity (Wildman–Crippen MR) is 183 cm³/mol. The Bertz CT molecular complexity index is 1700. The van der Waals surface area contributed by atoms with Crippen LogP contribution in [0.4, 0.5) is 5.82 Å². The minimum Gasteiger partial charge on any atom is -0.474 e. The third kappa shape index (κ3) is 10.1. The largest absolute Gasteiger partial charge is 0.474 e. The number of hydrogen-bond acceptors (Lipinski definition) is 10. The molecule has 0 unspecified atom stereocenters. The van der Waals surface area contributed by atoms with Gasteiger partial charge in [0.15, 0.2) is 5.82 Å². The molecule has 0 aliphatic carbocycles. The molecule has 3 N–H and O–H groups in total. The van der Waals surface area contributed by atoms with E-state index in [0.717, 1.165) is 8.95 Å². The SMILES string of the molecule is CCCNS(=O)(=O)Cc1ncnc(OCCOc2ncnc(NS(=O)(=O)NCCC)c2-c2ccc(Br)cc2)c1-c1ccc(Br)cc1. The molecule has 0 saturated heterocycles. The zero-order chi connectivity index (χ0) is 33.2. The molecule has 0 bridgehead atoms. The Morgan fingerprint density at radius 2 is 1.17 bits per heavy atom. The zero-order valence-corrected chi connectivity index (χ0v) is 29.8. The number of ether oxygens (including phenoxy) is 2. The molecule has 0 spiro atoms. The topological polar surface area (TPSA) is 174 Å². The van der Waals surface area contributed by atoms with E-state index in [0.29, 0.717) is 41.6 Å². The van der Waals surface area contributed by atoms with Gasteiger partial charge in [-0.25, -0.2) is 33.1 Å². The fraction of sp³-hybridized carbons (Fsp3) is 0.310. The summed E-state index contributed by atoms with van der Waals surface area (Å²) in [5.41, 5.74) is 2.33. The molecule has 2 aromatic carbocycles. The summed E-state index contributed by atoms with van der Waals surface area (Å²) >= 11 is 6.84. The maximum Gasteiger partial charge on any atom is 0.300 e. The van der Waals surface area contributed by atoms with Crippen molar-refractivity contribution >= 4 is 57.9 Å². The number of hydrogen-bond donors (Lipinski definition) is 3. The molecule has 246 valence electrons. The van der Waals surface area contributed by atoms with Crippen molar-refractivity contribution in [3.05, 3.63) is 75.8 Å². The minimum absolute atomic E-state index is 0.0102. The smallest absolute Gasteiger partial charge is 0.300 e. The van der Waals surface area contributed by atoms with Crippen molar-refractivity contribution in [1.29, 1.82) is 0 Å². The molecule has 2 aromatic heterocycles. The lowest BCUT2D eigenvalue weighted by atomic mass is 10.1. The van der Waals surface area contributed by atoms with Crippen LogP contribution in [-0.4, -0.2) is 63.1 Å². The molecule has 46 heavy (non-hydrogen) atoms. The molecule has 4 aromatic rings. The van der Waals surface area contributed by atoms with Crippen molar-refractivity contribution in [1.82, 2.24) is 29.4 Å². The van der Waals surface area contributed by atoms with Crippen molar-refractivity contribution in [2.45, 2.75) is 32.4 Å². The summed E-state index contributed by atoms with van der Waals surface area (Å²) < 4.78 is 72.0. The van der Waals surface area contributed by atoms with Crippen LogP contribution in [0, 0.1) is 0 Å². The van der Waals surface area contributed by atoms with E-state index in [-0.39, 0.29) is 48.8 Å². The average Bonchev–Trinajstić information content (AvgIpc) is 3.02. The number of benzene rings is 2. The molecule has 0 radical (unpaired) electrons. The van der Waals surface area contributed by atoms with Crippen molar-refractivity contribution in [3.63, 3.8) is 0 Å². The minimum atomic E-state index is -3.91. The van der Waals surface area contributed by atoms with Gasteiger partial charge in [0, 0.05) is 22.0 Å². The standard InChI is InChI=1S/C29H33Br2N7O6S2/c1-3-13-36-45(39,40)17-24-25(20-5-9-22(30)10-6-20)28(34-18-32-24)43-15-16-44-29-26(21-7-11-23(31)12-8-21)27(33-19-35-29)38-46(41,42)37-14-4-2/h5-12,18-19,36-37H,3-4,13-17H2,1-2H3,(H,33,35,38). The molecule has 0 fully saturated rings. The fourth-order valence-electron chi connectivity index (χ4n) is 4.13. The summed E-state index contributed by atoms with van der Waals surface area (Å²) in [5.74, 6) is -0.0313. The summed E-state index contributed by atoms with van der Waals surface area (Å²) in [7, 11) is -7.58. The first-order valence-corrected chi connectivity index (χ1v) is 18.9. The second-order valence-electron chi connectivity index (χ2n) is 9.77. The number of nitrogens with one attached hydrogen (secondary N) is 3. The molecule has 13 nitrogen and oxygen atoms in total. The van der Waals surface area contributed by atoms with Gasteiger partial charge < -0.3 is 9.47 Å². The summed E-state index contributed by atoms with van der Waals surface area (Å²) in [4.78, 5) is 17.0. The third-order valence-electron chi connectivity index (χ3n) is 6.20. The molecular formula is C29H33Br2N7O6S2. The Morgan fingerprint density at radius 3 is 1.74 bits per heavy atom. The van der Waals surface area contributed by atoms with Crippen molar-refractivity contribution in [2.24, 2.45) is 0 Å².